The molecule has 1 aromatic carbocycles. The van der Waals surface area contributed by atoms with Crippen LogP contribution in [0.5, 0.6) is 0 Å². The normalized spacial score (nSPS) is 16.7. The molecule has 1 heterocycles. The number of benzene rings is 1. The highest BCUT2D eigenvalue weighted by molar-refractivity contribution is 5.85. The topological polar surface area (TPSA) is 29.5 Å². The number of rotatable bonds is 2. The van der Waals surface area contributed by atoms with Gasteiger partial charge in [0.1, 0.15) is 0 Å². The van der Waals surface area contributed by atoms with E-state index in [1.165, 1.54) is 12.1 Å². The fourth-order valence-corrected chi connectivity index (χ4v) is 2.01. The smallest absolute Gasteiger partial charge is 0.350 e. The van der Waals surface area contributed by atoms with Crippen LogP contribution in [0.25, 0.3) is 0 Å². The van der Waals surface area contributed by atoms with Crippen molar-refractivity contribution in [3.63, 3.8) is 0 Å². The van der Waals surface area contributed by atoms with Crippen LogP contribution in [0.3, 0.4) is 0 Å². The van der Waals surface area contributed by atoms with Crippen molar-refractivity contribution in [1.29, 1.82) is 0 Å². The molecule has 0 saturated carbocycles. The number of aryl methyl sites for hydroxylation is 1. The van der Waals surface area contributed by atoms with Crippen molar-refractivity contribution >= 4 is 5.91 Å². The Labute approximate surface area is 104 Å². The van der Waals surface area contributed by atoms with Gasteiger partial charge in [0.05, 0.1) is 13.2 Å². The third-order valence-electron chi connectivity index (χ3n) is 3.05. The Balaban J connectivity index is 2.24. The highest BCUT2D eigenvalue weighted by Gasteiger charge is 2.44. The summed E-state index contributed by atoms with van der Waals surface area (Å²) in [4.78, 5) is 13.1. The molecular formula is C13H15F2NO2. The summed E-state index contributed by atoms with van der Waals surface area (Å²) in [5, 5.41) is 0. The molecule has 98 valence electrons. The van der Waals surface area contributed by atoms with E-state index in [0.717, 1.165) is 4.90 Å². The molecule has 0 atom stereocenters. The van der Waals surface area contributed by atoms with Gasteiger partial charge in [-0.15, -0.1) is 0 Å². The predicted octanol–water partition coefficient (Wildman–Crippen LogP) is 1.95. The number of carbonyl (C=O) groups excluding carboxylic acids is 1. The molecule has 3 nitrogen and oxygen atoms in total. The average Bonchev–Trinajstić information content (AvgIpc) is 2.39. The molecule has 18 heavy (non-hydrogen) atoms. The summed E-state index contributed by atoms with van der Waals surface area (Å²) >= 11 is 0. The van der Waals surface area contributed by atoms with Crippen LogP contribution in [-0.4, -0.2) is 37.1 Å². The van der Waals surface area contributed by atoms with Crippen LogP contribution >= 0.6 is 0 Å². The Morgan fingerprint density at radius 2 is 1.89 bits per heavy atom. The lowest BCUT2D eigenvalue weighted by molar-refractivity contribution is -0.163. The number of morpholine rings is 1. The molecule has 0 aromatic heterocycles. The van der Waals surface area contributed by atoms with E-state index >= 15 is 0 Å². The molecule has 0 unspecified atom stereocenters. The number of alkyl halides is 2. The van der Waals surface area contributed by atoms with Crippen LogP contribution in [-0.2, 0) is 15.5 Å². The van der Waals surface area contributed by atoms with Gasteiger partial charge in [-0.25, -0.2) is 0 Å². The molecule has 1 amide bonds. The average molecular weight is 255 g/mol. The fourth-order valence-electron chi connectivity index (χ4n) is 2.01. The van der Waals surface area contributed by atoms with Gasteiger partial charge in [-0.2, -0.15) is 8.78 Å². The van der Waals surface area contributed by atoms with Crippen LogP contribution in [0.4, 0.5) is 8.78 Å². The van der Waals surface area contributed by atoms with Gasteiger partial charge in [0.15, 0.2) is 0 Å². The van der Waals surface area contributed by atoms with E-state index in [-0.39, 0.29) is 18.7 Å². The molecule has 0 aliphatic carbocycles. The van der Waals surface area contributed by atoms with E-state index in [0.29, 0.717) is 18.8 Å². The maximum absolute atomic E-state index is 14.2. The zero-order chi connectivity index (χ0) is 13.2. The molecular weight excluding hydrogens is 240 g/mol. The first-order chi connectivity index (χ1) is 8.53. The van der Waals surface area contributed by atoms with Gasteiger partial charge in [-0.1, -0.05) is 24.3 Å². The summed E-state index contributed by atoms with van der Waals surface area (Å²) in [6.45, 7) is 2.65. The molecule has 0 N–H and O–H groups in total. The van der Waals surface area contributed by atoms with E-state index in [9.17, 15) is 13.6 Å². The minimum absolute atomic E-state index is 0.221. The molecule has 0 radical (unpaired) electrons. The Morgan fingerprint density at radius 3 is 2.50 bits per heavy atom. The Kier molecular flexibility index (Phi) is 3.61. The lowest BCUT2D eigenvalue weighted by Gasteiger charge is -2.30. The molecule has 2 rings (SSSR count). The second kappa shape index (κ2) is 5.02. The summed E-state index contributed by atoms with van der Waals surface area (Å²) in [5.41, 5.74) is 0.200. The van der Waals surface area contributed by atoms with E-state index in [1.54, 1.807) is 19.1 Å². The summed E-state index contributed by atoms with van der Waals surface area (Å²) in [5.74, 6) is -4.61. The molecule has 1 aromatic rings. The van der Waals surface area contributed by atoms with Gasteiger partial charge in [-0.3, -0.25) is 4.79 Å². The molecule has 1 saturated heterocycles. The number of ether oxygens (including phenoxy) is 1. The second-order valence-electron chi connectivity index (χ2n) is 4.29. The van der Waals surface area contributed by atoms with Gasteiger partial charge >= 0.3 is 5.92 Å². The number of hydrogen-bond acceptors (Lipinski definition) is 2. The Bertz CT molecular complexity index is 442. The molecule has 0 bridgehead atoms. The minimum Gasteiger partial charge on any atom is -0.378 e. The first kappa shape index (κ1) is 13.0. The molecule has 1 aliphatic heterocycles. The van der Waals surface area contributed by atoms with Crippen molar-refractivity contribution in [1.82, 2.24) is 4.90 Å². The van der Waals surface area contributed by atoms with E-state index in [4.69, 9.17) is 4.74 Å². The van der Waals surface area contributed by atoms with Gasteiger partial charge < -0.3 is 9.64 Å². The highest BCUT2D eigenvalue weighted by atomic mass is 19.3. The van der Waals surface area contributed by atoms with Crippen molar-refractivity contribution in [2.75, 3.05) is 26.3 Å². The first-order valence-electron chi connectivity index (χ1n) is 5.84. The van der Waals surface area contributed by atoms with Gasteiger partial charge in [-0.05, 0) is 12.5 Å². The number of halogens is 2. The standard InChI is InChI=1S/C13H15F2NO2/c1-10-4-2-3-5-11(10)13(14,15)12(17)16-6-8-18-9-7-16/h2-5H,6-9H2,1H3. The van der Waals surface area contributed by atoms with E-state index in [1.807, 2.05) is 0 Å². The largest absolute Gasteiger partial charge is 0.378 e. The fraction of sp³-hybridized carbons (Fsp3) is 0.462. The Hall–Kier alpha value is -1.49. The minimum atomic E-state index is -3.47. The number of amides is 1. The van der Waals surface area contributed by atoms with Crippen LogP contribution in [0.1, 0.15) is 11.1 Å². The van der Waals surface area contributed by atoms with Gasteiger partial charge in [0.25, 0.3) is 5.91 Å². The molecule has 5 heteroatoms. The lowest BCUT2D eigenvalue weighted by Crippen LogP contribution is -2.47. The maximum Gasteiger partial charge on any atom is 0.350 e. The third-order valence-corrected chi connectivity index (χ3v) is 3.05. The van der Waals surface area contributed by atoms with Crippen molar-refractivity contribution in [3.05, 3.63) is 35.4 Å². The second-order valence-corrected chi connectivity index (χ2v) is 4.29. The van der Waals surface area contributed by atoms with Crippen LogP contribution in [0, 0.1) is 6.92 Å². The lowest BCUT2D eigenvalue weighted by atomic mass is 10.0. The van der Waals surface area contributed by atoms with Crippen molar-refractivity contribution in [3.8, 4) is 0 Å². The third kappa shape index (κ3) is 2.36. The summed E-state index contributed by atoms with van der Waals surface area (Å²) in [6, 6.07) is 6.07. The van der Waals surface area contributed by atoms with Crippen molar-refractivity contribution < 1.29 is 18.3 Å². The maximum atomic E-state index is 14.2. The van der Waals surface area contributed by atoms with Gasteiger partial charge in [0.2, 0.25) is 0 Å². The Morgan fingerprint density at radius 1 is 1.28 bits per heavy atom. The monoisotopic (exact) mass is 255 g/mol. The SMILES string of the molecule is Cc1ccccc1C(F)(F)C(=O)N1CCOCC1. The number of nitrogens with zero attached hydrogens (tertiary/aromatic N) is 1. The zero-order valence-corrected chi connectivity index (χ0v) is 10.2. The quantitative estimate of drug-likeness (QED) is 0.808. The molecule has 1 aliphatic rings. The summed E-state index contributed by atoms with van der Waals surface area (Å²) in [6.07, 6.45) is 0. The summed E-state index contributed by atoms with van der Waals surface area (Å²) < 4.78 is 33.4. The number of hydrogen-bond donors (Lipinski definition) is 0. The predicted molar refractivity (Wildman–Crippen MR) is 62.5 cm³/mol. The molecule has 1 fully saturated rings. The van der Waals surface area contributed by atoms with Crippen molar-refractivity contribution in [2.45, 2.75) is 12.8 Å². The van der Waals surface area contributed by atoms with E-state index < -0.39 is 11.8 Å². The van der Waals surface area contributed by atoms with Crippen LogP contribution in [0.15, 0.2) is 24.3 Å². The van der Waals surface area contributed by atoms with Crippen LogP contribution < -0.4 is 0 Å². The number of carbonyl (C=O) groups is 1. The van der Waals surface area contributed by atoms with Crippen LogP contribution in [0.2, 0.25) is 0 Å². The van der Waals surface area contributed by atoms with Crippen molar-refractivity contribution in [2.24, 2.45) is 0 Å². The molecule has 0 spiro atoms. The summed E-state index contributed by atoms with van der Waals surface area (Å²) in [7, 11) is 0. The first-order valence-corrected chi connectivity index (χ1v) is 5.84. The zero-order valence-electron chi connectivity index (χ0n) is 10.2. The van der Waals surface area contributed by atoms with E-state index in [2.05, 4.69) is 0 Å². The van der Waals surface area contributed by atoms with Gasteiger partial charge in [0, 0.05) is 18.7 Å². The highest BCUT2D eigenvalue weighted by Crippen LogP contribution is 2.32.